The quantitative estimate of drug-likeness (QED) is 0.606. The second-order valence-corrected chi connectivity index (χ2v) is 4.86. The van der Waals surface area contributed by atoms with Crippen LogP contribution in [0.1, 0.15) is 20.3 Å². The van der Waals surface area contributed by atoms with Gasteiger partial charge in [-0.1, -0.05) is 38.5 Å². The highest BCUT2D eigenvalue weighted by Crippen LogP contribution is 2.26. The molecule has 2 rings (SSSR count). The molecule has 0 radical (unpaired) electrons. The molecule has 0 atom stereocenters. The molecule has 13 heavy (non-hydrogen) atoms. The van der Waals surface area contributed by atoms with Crippen molar-refractivity contribution in [1.82, 2.24) is 0 Å². The van der Waals surface area contributed by atoms with Gasteiger partial charge in [0.15, 0.2) is 0 Å². The third-order valence-corrected chi connectivity index (χ3v) is 3.71. The second kappa shape index (κ2) is 5.60. The van der Waals surface area contributed by atoms with Crippen molar-refractivity contribution in [3.63, 3.8) is 0 Å². The lowest BCUT2D eigenvalue weighted by atomic mass is 10.3. The molecule has 1 heterocycles. The van der Waals surface area contributed by atoms with Gasteiger partial charge >= 0.3 is 0 Å². The van der Waals surface area contributed by atoms with E-state index in [2.05, 4.69) is 66.1 Å². The lowest BCUT2D eigenvalue weighted by molar-refractivity contribution is 1.09. The third kappa shape index (κ3) is 2.95. The molecule has 0 amide bonds. The van der Waals surface area contributed by atoms with Crippen LogP contribution in [0.15, 0.2) is 29.6 Å². The van der Waals surface area contributed by atoms with Crippen LogP contribution in [0.4, 0.5) is 0 Å². The van der Waals surface area contributed by atoms with E-state index in [0.717, 1.165) is 0 Å². The lowest BCUT2D eigenvalue weighted by Crippen LogP contribution is -1.62. The Hall–Kier alpha value is -0.0900. The second-order valence-electron chi connectivity index (χ2n) is 2.79. The van der Waals surface area contributed by atoms with Crippen LogP contribution in [0.2, 0.25) is 0 Å². The normalized spacial score (nSPS) is 9.46. The molecule has 0 aliphatic carbocycles. The van der Waals surface area contributed by atoms with E-state index < -0.39 is 0 Å². The van der Waals surface area contributed by atoms with Gasteiger partial charge in [0.25, 0.3) is 0 Å². The summed E-state index contributed by atoms with van der Waals surface area (Å²) in [4.78, 5) is 0. The highest BCUT2D eigenvalue weighted by molar-refractivity contribution is 14.1. The van der Waals surface area contributed by atoms with Gasteiger partial charge in [-0.15, -0.1) is 11.3 Å². The molecule has 0 nitrogen and oxygen atoms in total. The van der Waals surface area contributed by atoms with E-state index in [4.69, 9.17) is 0 Å². The maximum atomic E-state index is 2.36. The summed E-state index contributed by atoms with van der Waals surface area (Å²) in [5.41, 5.74) is 0. The summed E-state index contributed by atoms with van der Waals surface area (Å²) < 4.78 is 2.74. The minimum atomic E-state index is 1.25. The first-order chi connectivity index (χ1) is 6.29. The number of benzene rings is 1. The van der Waals surface area contributed by atoms with E-state index in [1.54, 1.807) is 11.3 Å². The molecule has 70 valence electrons. The summed E-state index contributed by atoms with van der Waals surface area (Å²) in [6.45, 7) is 4.25. The van der Waals surface area contributed by atoms with Crippen molar-refractivity contribution in [2.24, 2.45) is 0 Å². The van der Waals surface area contributed by atoms with E-state index in [9.17, 15) is 0 Å². The Morgan fingerprint density at radius 2 is 1.85 bits per heavy atom. The van der Waals surface area contributed by atoms with Crippen LogP contribution in [0, 0.1) is 3.57 Å². The molecular formula is C11H13IS. The Bertz CT molecular complexity index is 365. The Morgan fingerprint density at radius 3 is 2.46 bits per heavy atom. The van der Waals surface area contributed by atoms with Gasteiger partial charge in [-0.3, -0.25) is 0 Å². The average Bonchev–Trinajstić information content (AvgIpc) is 2.50. The van der Waals surface area contributed by atoms with Gasteiger partial charge in [0.2, 0.25) is 0 Å². The zero-order chi connectivity index (χ0) is 9.68. The fourth-order valence-corrected chi connectivity index (χ4v) is 2.80. The predicted octanol–water partition coefficient (Wildman–Crippen LogP) is 4.92. The Kier molecular flexibility index (Phi) is 4.73. The summed E-state index contributed by atoms with van der Waals surface area (Å²) in [5, 5.41) is 3.57. The predicted molar refractivity (Wildman–Crippen MR) is 70.5 cm³/mol. The first-order valence-corrected chi connectivity index (χ1v) is 6.37. The highest BCUT2D eigenvalue weighted by atomic mass is 127. The zero-order valence-electron chi connectivity index (χ0n) is 7.88. The highest BCUT2D eigenvalue weighted by Gasteiger charge is 1.96. The minimum Gasteiger partial charge on any atom is -0.143 e. The van der Waals surface area contributed by atoms with Crippen LogP contribution in [-0.4, -0.2) is 0 Å². The Balaban J connectivity index is 0.000000251. The van der Waals surface area contributed by atoms with Gasteiger partial charge in [-0.05, 0) is 28.7 Å². The zero-order valence-corrected chi connectivity index (χ0v) is 10.9. The number of hydrogen-bond donors (Lipinski definition) is 0. The number of fused-ring (bicyclic) bond motifs is 1. The molecule has 0 bridgehead atoms. The first kappa shape index (κ1) is 11.0. The lowest BCUT2D eigenvalue weighted by Gasteiger charge is -1.85. The van der Waals surface area contributed by atoms with Gasteiger partial charge < -0.3 is 0 Å². The van der Waals surface area contributed by atoms with Crippen molar-refractivity contribution in [3.05, 3.63) is 33.2 Å². The van der Waals surface area contributed by atoms with Gasteiger partial charge in [-0.2, -0.15) is 0 Å². The molecule has 0 aliphatic heterocycles. The molecular weight excluding hydrogens is 291 g/mol. The molecule has 0 saturated heterocycles. The summed E-state index contributed by atoms with van der Waals surface area (Å²) in [6, 6.07) is 8.47. The maximum absolute atomic E-state index is 2.36. The van der Waals surface area contributed by atoms with Crippen molar-refractivity contribution >= 4 is 44.0 Å². The number of rotatable bonds is 0. The van der Waals surface area contributed by atoms with Gasteiger partial charge in [0.05, 0.1) is 0 Å². The minimum absolute atomic E-state index is 1.25. The molecule has 1 aromatic heterocycles. The van der Waals surface area contributed by atoms with E-state index in [-0.39, 0.29) is 0 Å². The molecule has 0 fully saturated rings. The maximum Gasteiger partial charge on any atom is 0.0353 e. The summed E-state index contributed by atoms with van der Waals surface area (Å²) in [5.74, 6) is 0. The first-order valence-electron chi connectivity index (χ1n) is 4.41. The van der Waals surface area contributed by atoms with E-state index >= 15 is 0 Å². The molecule has 1 aromatic carbocycles. The Labute approximate surface area is 97.1 Å². The van der Waals surface area contributed by atoms with Crippen molar-refractivity contribution in [2.75, 3.05) is 0 Å². The number of hydrogen-bond acceptors (Lipinski definition) is 1. The third-order valence-electron chi connectivity index (χ3n) is 1.43. The van der Waals surface area contributed by atoms with Crippen molar-refractivity contribution in [3.8, 4) is 0 Å². The van der Waals surface area contributed by atoms with E-state index in [1.165, 1.54) is 20.1 Å². The summed E-state index contributed by atoms with van der Waals surface area (Å²) in [6.07, 6.45) is 1.25. The van der Waals surface area contributed by atoms with Crippen LogP contribution in [0.3, 0.4) is 0 Å². The standard InChI is InChI=1S/C8H5IS.C3H8/c9-7-5-10-8-4-2-1-3-6(7)8;1-3-2/h1-5H;3H2,1-2H3. The van der Waals surface area contributed by atoms with Gasteiger partial charge in [-0.25, -0.2) is 0 Å². The van der Waals surface area contributed by atoms with Crippen molar-refractivity contribution in [2.45, 2.75) is 20.3 Å². The van der Waals surface area contributed by atoms with Crippen LogP contribution < -0.4 is 0 Å². The molecule has 0 spiro atoms. The van der Waals surface area contributed by atoms with Gasteiger partial charge in [0, 0.05) is 19.0 Å². The van der Waals surface area contributed by atoms with Crippen LogP contribution >= 0.6 is 33.9 Å². The van der Waals surface area contributed by atoms with Crippen LogP contribution in [0.25, 0.3) is 10.1 Å². The van der Waals surface area contributed by atoms with E-state index in [1.807, 2.05) is 0 Å². The van der Waals surface area contributed by atoms with Crippen molar-refractivity contribution in [1.29, 1.82) is 0 Å². The fraction of sp³-hybridized carbons (Fsp3) is 0.273. The molecule has 0 saturated carbocycles. The fourth-order valence-electron chi connectivity index (χ4n) is 0.945. The molecule has 2 heteroatoms. The summed E-state index contributed by atoms with van der Waals surface area (Å²) in [7, 11) is 0. The topological polar surface area (TPSA) is 0 Å². The van der Waals surface area contributed by atoms with Crippen molar-refractivity contribution < 1.29 is 0 Å². The molecule has 0 aliphatic rings. The molecule has 2 aromatic rings. The molecule has 0 N–H and O–H groups in total. The monoisotopic (exact) mass is 304 g/mol. The van der Waals surface area contributed by atoms with Gasteiger partial charge in [0.1, 0.15) is 0 Å². The van der Waals surface area contributed by atoms with Crippen LogP contribution in [-0.2, 0) is 0 Å². The number of thiophene rings is 1. The molecule has 0 unspecified atom stereocenters. The summed E-state index contributed by atoms with van der Waals surface area (Å²) >= 11 is 4.17. The largest absolute Gasteiger partial charge is 0.143 e. The van der Waals surface area contributed by atoms with Crippen LogP contribution in [0.5, 0.6) is 0 Å². The smallest absolute Gasteiger partial charge is 0.0353 e. The average molecular weight is 304 g/mol. The van der Waals surface area contributed by atoms with E-state index in [0.29, 0.717) is 0 Å². The Morgan fingerprint density at radius 1 is 1.23 bits per heavy atom. The SMILES string of the molecule is CCC.Ic1csc2ccccc12. The number of halogens is 1.